The van der Waals surface area contributed by atoms with Crippen molar-refractivity contribution in [2.75, 3.05) is 26.2 Å². The Morgan fingerprint density at radius 3 is 2.43 bits per heavy atom. The highest BCUT2D eigenvalue weighted by molar-refractivity contribution is 5.85. The lowest BCUT2D eigenvalue weighted by Gasteiger charge is -2.31. The van der Waals surface area contributed by atoms with Crippen LogP contribution < -0.4 is 10.5 Å². The Morgan fingerprint density at radius 1 is 1.29 bits per heavy atom. The Balaban J connectivity index is 0.00000220. The third kappa shape index (κ3) is 5.21. The van der Waals surface area contributed by atoms with Crippen LogP contribution in [-0.2, 0) is 11.2 Å². The lowest BCUT2D eigenvalue weighted by Crippen LogP contribution is -2.40. The van der Waals surface area contributed by atoms with Crippen molar-refractivity contribution in [3.8, 4) is 5.75 Å². The van der Waals surface area contributed by atoms with E-state index in [1.807, 2.05) is 36.1 Å². The summed E-state index contributed by atoms with van der Waals surface area (Å²) in [6.07, 6.45) is 2.54. The molecule has 0 radical (unpaired) electrons. The Kier molecular flexibility index (Phi) is 7.54. The van der Waals surface area contributed by atoms with Crippen molar-refractivity contribution < 1.29 is 9.53 Å². The summed E-state index contributed by atoms with van der Waals surface area (Å²) in [5, 5.41) is 0. The Morgan fingerprint density at radius 2 is 1.90 bits per heavy atom. The van der Waals surface area contributed by atoms with E-state index in [-0.39, 0.29) is 18.3 Å². The van der Waals surface area contributed by atoms with E-state index in [0.717, 1.165) is 43.8 Å². The quantitative estimate of drug-likeness (QED) is 0.907. The van der Waals surface area contributed by atoms with Gasteiger partial charge in [-0.15, -0.1) is 12.4 Å². The normalized spacial score (nSPS) is 15.4. The Bertz CT molecular complexity index is 428. The summed E-state index contributed by atoms with van der Waals surface area (Å²) in [6, 6.07) is 7.78. The van der Waals surface area contributed by atoms with Gasteiger partial charge in [0.1, 0.15) is 5.75 Å². The van der Waals surface area contributed by atoms with Crippen molar-refractivity contribution in [3.05, 3.63) is 29.8 Å². The van der Waals surface area contributed by atoms with Gasteiger partial charge in [0, 0.05) is 13.1 Å². The van der Waals surface area contributed by atoms with Gasteiger partial charge in [-0.05, 0) is 49.9 Å². The molecule has 0 atom stereocenters. The van der Waals surface area contributed by atoms with Crippen LogP contribution >= 0.6 is 12.4 Å². The highest BCUT2D eigenvalue weighted by Crippen LogP contribution is 2.18. The minimum Gasteiger partial charge on any atom is -0.494 e. The minimum absolute atomic E-state index is 0. The number of amides is 1. The summed E-state index contributed by atoms with van der Waals surface area (Å²) in [5.41, 5.74) is 6.71. The second-order valence-corrected chi connectivity index (χ2v) is 5.31. The molecule has 1 aromatic rings. The SMILES string of the molecule is CCOc1ccc(CC(=O)N2CCC(CN)CC2)cc1.Cl. The van der Waals surface area contributed by atoms with E-state index in [1.54, 1.807) is 0 Å². The first-order valence-corrected chi connectivity index (χ1v) is 7.42. The van der Waals surface area contributed by atoms with Gasteiger partial charge in [0.2, 0.25) is 5.91 Å². The number of benzene rings is 1. The largest absolute Gasteiger partial charge is 0.494 e. The van der Waals surface area contributed by atoms with Gasteiger partial charge in [-0.1, -0.05) is 12.1 Å². The van der Waals surface area contributed by atoms with Crippen LogP contribution in [0.1, 0.15) is 25.3 Å². The van der Waals surface area contributed by atoms with Gasteiger partial charge in [-0.25, -0.2) is 0 Å². The Hall–Kier alpha value is -1.26. The molecule has 21 heavy (non-hydrogen) atoms. The van der Waals surface area contributed by atoms with Crippen molar-refractivity contribution in [2.45, 2.75) is 26.2 Å². The van der Waals surface area contributed by atoms with E-state index in [0.29, 0.717) is 18.9 Å². The average Bonchev–Trinajstić information content (AvgIpc) is 2.49. The van der Waals surface area contributed by atoms with E-state index in [9.17, 15) is 4.79 Å². The van der Waals surface area contributed by atoms with Crippen LogP contribution in [0.3, 0.4) is 0 Å². The van der Waals surface area contributed by atoms with E-state index >= 15 is 0 Å². The molecular weight excluding hydrogens is 288 g/mol. The number of carbonyl (C=O) groups excluding carboxylic acids is 1. The fourth-order valence-corrected chi connectivity index (χ4v) is 2.57. The van der Waals surface area contributed by atoms with E-state index in [2.05, 4.69) is 0 Å². The molecule has 2 rings (SSSR count). The van der Waals surface area contributed by atoms with Gasteiger partial charge in [0.15, 0.2) is 0 Å². The maximum atomic E-state index is 12.2. The number of halogens is 1. The standard InChI is InChI=1S/C16H24N2O2.ClH/c1-2-20-15-5-3-13(4-6-15)11-16(19)18-9-7-14(12-17)8-10-18;/h3-6,14H,2,7-12,17H2,1H3;1H. The van der Waals surface area contributed by atoms with Gasteiger partial charge in [-0.2, -0.15) is 0 Å². The fourth-order valence-electron chi connectivity index (χ4n) is 2.57. The predicted octanol–water partition coefficient (Wildman–Crippen LogP) is 2.25. The summed E-state index contributed by atoms with van der Waals surface area (Å²) >= 11 is 0. The van der Waals surface area contributed by atoms with Crippen molar-refractivity contribution in [3.63, 3.8) is 0 Å². The number of carbonyl (C=O) groups is 1. The van der Waals surface area contributed by atoms with Gasteiger partial charge in [-0.3, -0.25) is 4.79 Å². The maximum Gasteiger partial charge on any atom is 0.226 e. The molecule has 1 aromatic carbocycles. The van der Waals surface area contributed by atoms with E-state index < -0.39 is 0 Å². The summed E-state index contributed by atoms with van der Waals surface area (Å²) in [6.45, 7) is 5.05. The van der Waals surface area contributed by atoms with Crippen LogP contribution in [0.25, 0.3) is 0 Å². The molecule has 1 saturated heterocycles. The molecule has 0 aliphatic carbocycles. The lowest BCUT2D eigenvalue weighted by atomic mass is 9.96. The highest BCUT2D eigenvalue weighted by Gasteiger charge is 2.21. The molecule has 1 aliphatic rings. The first-order chi connectivity index (χ1) is 9.72. The number of hydrogen-bond acceptors (Lipinski definition) is 3. The molecule has 1 fully saturated rings. The molecule has 0 bridgehead atoms. The van der Waals surface area contributed by atoms with Gasteiger partial charge >= 0.3 is 0 Å². The second-order valence-electron chi connectivity index (χ2n) is 5.31. The first kappa shape index (κ1) is 17.8. The molecule has 1 aliphatic heterocycles. The molecule has 1 heterocycles. The van der Waals surface area contributed by atoms with Crippen LogP contribution in [0, 0.1) is 5.92 Å². The number of likely N-dealkylation sites (tertiary alicyclic amines) is 1. The topological polar surface area (TPSA) is 55.6 Å². The molecule has 0 unspecified atom stereocenters. The van der Waals surface area contributed by atoms with Crippen molar-refractivity contribution in [1.29, 1.82) is 0 Å². The second kappa shape index (κ2) is 8.90. The van der Waals surface area contributed by atoms with Crippen LogP contribution in [0.4, 0.5) is 0 Å². The highest BCUT2D eigenvalue weighted by atomic mass is 35.5. The number of hydrogen-bond donors (Lipinski definition) is 1. The number of nitrogens with zero attached hydrogens (tertiary/aromatic N) is 1. The molecule has 0 aromatic heterocycles. The van der Waals surface area contributed by atoms with Crippen LogP contribution in [0.2, 0.25) is 0 Å². The molecule has 5 heteroatoms. The lowest BCUT2D eigenvalue weighted by molar-refractivity contribution is -0.131. The van der Waals surface area contributed by atoms with Crippen molar-refractivity contribution >= 4 is 18.3 Å². The van der Waals surface area contributed by atoms with Gasteiger partial charge in [0.25, 0.3) is 0 Å². The predicted molar refractivity (Wildman–Crippen MR) is 86.9 cm³/mol. The first-order valence-electron chi connectivity index (χ1n) is 7.42. The Labute approximate surface area is 133 Å². The number of rotatable bonds is 5. The summed E-state index contributed by atoms with van der Waals surface area (Å²) in [4.78, 5) is 14.2. The molecule has 0 spiro atoms. The number of piperidine rings is 1. The smallest absolute Gasteiger partial charge is 0.226 e. The third-order valence-electron chi connectivity index (χ3n) is 3.89. The van der Waals surface area contributed by atoms with Gasteiger partial charge in [0.05, 0.1) is 13.0 Å². The summed E-state index contributed by atoms with van der Waals surface area (Å²) in [7, 11) is 0. The maximum absolute atomic E-state index is 12.2. The molecule has 2 N–H and O–H groups in total. The molecule has 0 saturated carbocycles. The van der Waals surface area contributed by atoms with Crippen molar-refractivity contribution in [1.82, 2.24) is 4.90 Å². The van der Waals surface area contributed by atoms with E-state index in [4.69, 9.17) is 10.5 Å². The molecule has 4 nitrogen and oxygen atoms in total. The monoisotopic (exact) mass is 312 g/mol. The molecule has 118 valence electrons. The average molecular weight is 313 g/mol. The van der Waals surface area contributed by atoms with Crippen molar-refractivity contribution in [2.24, 2.45) is 11.7 Å². The van der Waals surface area contributed by atoms with Crippen LogP contribution in [-0.4, -0.2) is 37.0 Å². The summed E-state index contributed by atoms with van der Waals surface area (Å²) < 4.78 is 5.40. The zero-order chi connectivity index (χ0) is 14.4. The zero-order valence-electron chi connectivity index (χ0n) is 12.6. The van der Waals surface area contributed by atoms with Gasteiger partial charge < -0.3 is 15.4 Å². The third-order valence-corrected chi connectivity index (χ3v) is 3.89. The van der Waals surface area contributed by atoms with Crippen LogP contribution in [0.5, 0.6) is 5.75 Å². The number of nitrogens with two attached hydrogens (primary N) is 1. The zero-order valence-corrected chi connectivity index (χ0v) is 13.4. The van der Waals surface area contributed by atoms with Crippen LogP contribution in [0.15, 0.2) is 24.3 Å². The summed E-state index contributed by atoms with van der Waals surface area (Å²) in [5.74, 6) is 1.65. The van der Waals surface area contributed by atoms with E-state index in [1.165, 1.54) is 0 Å². The number of ether oxygens (including phenoxy) is 1. The minimum atomic E-state index is 0. The molecule has 1 amide bonds. The fraction of sp³-hybridized carbons (Fsp3) is 0.562. The molecular formula is C16H25ClN2O2.